The molecule has 2 unspecified atom stereocenters. The number of ether oxygens (including phenoxy) is 2. The van der Waals surface area contributed by atoms with E-state index in [0.29, 0.717) is 17.4 Å². The minimum atomic E-state index is -4.40. The zero-order valence-electron chi connectivity index (χ0n) is 69.6. The summed E-state index contributed by atoms with van der Waals surface area (Å²) in [7, 11) is 1.48. The third kappa shape index (κ3) is 88.5. The van der Waals surface area contributed by atoms with Crippen LogP contribution in [-0.4, -0.2) is 74.9 Å². The number of unbranched alkanes of at least 4 members (excludes halogenated alkanes) is 41. The van der Waals surface area contributed by atoms with Crippen molar-refractivity contribution < 1.29 is 42.1 Å². The molecule has 2 atom stereocenters. The van der Waals surface area contributed by atoms with E-state index in [1.807, 2.05) is 21.1 Å². The van der Waals surface area contributed by atoms with Crippen LogP contribution in [-0.2, 0) is 32.7 Å². The van der Waals surface area contributed by atoms with E-state index in [9.17, 15) is 19.0 Å². The molecule has 1 N–H and O–H groups in total. The lowest BCUT2D eigenvalue weighted by Gasteiger charge is -2.24. The zero-order chi connectivity index (χ0) is 76.8. The molecule has 0 aliphatic rings. The fraction of sp³-hybridized carbons (Fsp3) is 0.708. The molecule has 0 rings (SSSR count). The molecular weight excluding hydrogens is 1330 g/mol. The molecule has 0 heterocycles. The molecule has 0 aliphatic carbocycles. The summed E-state index contributed by atoms with van der Waals surface area (Å²) in [6, 6.07) is 0. The van der Waals surface area contributed by atoms with Gasteiger partial charge in [0.25, 0.3) is 0 Å². The Labute approximate surface area is 656 Å². The topological polar surface area (TPSA) is 108 Å². The highest BCUT2D eigenvalue weighted by Gasteiger charge is 2.27. The summed E-state index contributed by atoms with van der Waals surface area (Å²) in [5.41, 5.74) is 0. The molecule has 9 nitrogen and oxygen atoms in total. The van der Waals surface area contributed by atoms with Gasteiger partial charge >= 0.3 is 19.8 Å². The van der Waals surface area contributed by atoms with Crippen LogP contribution in [0, 0.1) is 0 Å². The van der Waals surface area contributed by atoms with Crippen LogP contribution < -0.4 is 0 Å². The van der Waals surface area contributed by atoms with Crippen LogP contribution in [0.4, 0.5) is 0 Å². The average molecular weight is 1490 g/mol. The minimum Gasteiger partial charge on any atom is -0.462 e. The Bertz CT molecular complexity index is 2360. The van der Waals surface area contributed by atoms with Gasteiger partial charge in [0.05, 0.1) is 27.7 Å². The predicted molar refractivity (Wildman–Crippen MR) is 463 cm³/mol. The van der Waals surface area contributed by atoms with E-state index in [-0.39, 0.29) is 32.0 Å². The summed E-state index contributed by atoms with van der Waals surface area (Å²) < 4.78 is 34.9. The second-order valence-corrected chi connectivity index (χ2v) is 32.0. The first kappa shape index (κ1) is 102. The maximum Gasteiger partial charge on any atom is 0.472 e. The third-order valence-corrected chi connectivity index (χ3v) is 20.0. The number of likely N-dealkylation sites (N-methyl/N-ethyl adjacent to an activating group) is 1. The van der Waals surface area contributed by atoms with Gasteiger partial charge < -0.3 is 18.9 Å². The van der Waals surface area contributed by atoms with Gasteiger partial charge in [-0.2, -0.15) is 0 Å². The molecule has 10 heteroatoms. The Hall–Kier alpha value is -4.37. The second-order valence-electron chi connectivity index (χ2n) is 30.5. The first-order valence-corrected chi connectivity index (χ1v) is 45.7. The van der Waals surface area contributed by atoms with Crippen LogP contribution in [0.15, 0.2) is 158 Å². The molecule has 106 heavy (non-hydrogen) atoms. The Balaban J connectivity index is 3.92. The van der Waals surface area contributed by atoms with Crippen molar-refractivity contribution in [3.8, 4) is 0 Å². The molecule has 0 aromatic heterocycles. The van der Waals surface area contributed by atoms with Crippen molar-refractivity contribution in [3.05, 3.63) is 158 Å². The van der Waals surface area contributed by atoms with Crippen LogP contribution in [0.25, 0.3) is 0 Å². The van der Waals surface area contributed by atoms with E-state index in [1.54, 1.807) is 0 Å². The number of phosphoric ester groups is 1. The molecule has 0 aliphatic heterocycles. The van der Waals surface area contributed by atoms with Gasteiger partial charge in [-0.25, -0.2) is 4.57 Å². The zero-order valence-corrected chi connectivity index (χ0v) is 70.5. The fourth-order valence-corrected chi connectivity index (χ4v) is 13.2. The highest BCUT2D eigenvalue weighted by molar-refractivity contribution is 7.47. The molecule has 0 bridgehead atoms. The Morgan fingerprint density at radius 2 is 0.509 bits per heavy atom. The minimum absolute atomic E-state index is 0.0282. The largest absolute Gasteiger partial charge is 0.472 e. The summed E-state index contributed by atoms with van der Waals surface area (Å²) in [5, 5.41) is 0. The van der Waals surface area contributed by atoms with Crippen molar-refractivity contribution >= 4 is 19.8 Å². The summed E-state index contributed by atoms with van der Waals surface area (Å²) in [6.07, 6.45) is 127. The SMILES string of the molecule is CC/C=C\C/C=C\C/C=C\C/C=C\C/C=C\C/C=C\C/C=C\C/C=C\C/C=C\CCCCCCCCCCCCCCCC(=O)OC(COC(=O)CCCCCCCCCCCCCCCCCCCCCCCCCCCCCC/C=C\C/C=C\C/C=C\C/C=C\CC)COP(=O)(O)OCC[N+](C)(C)C. The summed E-state index contributed by atoms with van der Waals surface area (Å²) in [6.45, 7) is 4.24. The average Bonchev–Trinajstić information content (AvgIpc) is 0.908. The molecule has 0 saturated heterocycles. The van der Waals surface area contributed by atoms with Crippen molar-refractivity contribution in [2.24, 2.45) is 0 Å². The van der Waals surface area contributed by atoms with Gasteiger partial charge in [-0.1, -0.05) is 409 Å². The summed E-state index contributed by atoms with van der Waals surface area (Å²) >= 11 is 0. The number of quaternary nitrogens is 1. The van der Waals surface area contributed by atoms with Crippen LogP contribution in [0.5, 0.6) is 0 Å². The Morgan fingerprint density at radius 1 is 0.292 bits per heavy atom. The van der Waals surface area contributed by atoms with Gasteiger partial charge in [0, 0.05) is 12.8 Å². The van der Waals surface area contributed by atoms with Crippen molar-refractivity contribution in [2.75, 3.05) is 47.5 Å². The van der Waals surface area contributed by atoms with Crippen LogP contribution in [0.3, 0.4) is 0 Å². The van der Waals surface area contributed by atoms with Gasteiger partial charge in [0.1, 0.15) is 19.8 Å². The van der Waals surface area contributed by atoms with Crippen LogP contribution in [0.2, 0.25) is 0 Å². The van der Waals surface area contributed by atoms with Gasteiger partial charge in [-0.3, -0.25) is 18.6 Å². The number of carbonyl (C=O) groups excluding carboxylic acids is 2. The molecule has 0 aromatic carbocycles. The lowest BCUT2D eigenvalue weighted by Crippen LogP contribution is -2.37. The number of hydrogen-bond acceptors (Lipinski definition) is 7. The number of esters is 2. The predicted octanol–water partition coefficient (Wildman–Crippen LogP) is 30.2. The normalized spacial score (nSPS) is 13.8. The molecule has 0 amide bonds. The van der Waals surface area contributed by atoms with Crippen LogP contribution in [0.1, 0.15) is 386 Å². The molecule has 0 radical (unpaired) electrons. The summed E-state index contributed by atoms with van der Waals surface area (Å²) in [4.78, 5) is 36.1. The number of allylic oxidation sites excluding steroid dienone is 26. The number of nitrogens with zero attached hydrogens (tertiary/aromatic N) is 1. The van der Waals surface area contributed by atoms with Crippen molar-refractivity contribution in [2.45, 2.75) is 392 Å². The number of rotatable bonds is 81. The fourth-order valence-electron chi connectivity index (χ4n) is 12.4. The Kier molecular flexibility index (Phi) is 81.2. The number of phosphoric acid groups is 1. The van der Waals surface area contributed by atoms with Gasteiger partial charge in [-0.15, -0.1) is 0 Å². The maximum absolute atomic E-state index is 12.9. The molecule has 0 aromatic rings. The number of hydrogen-bond donors (Lipinski definition) is 1. The van der Waals surface area contributed by atoms with Gasteiger partial charge in [-0.05, 0) is 122 Å². The van der Waals surface area contributed by atoms with E-state index in [0.717, 1.165) is 122 Å². The Morgan fingerprint density at radius 3 is 0.755 bits per heavy atom. The first-order valence-electron chi connectivity index (χ1n) is 44.2. The monoisotopic (exact) mass is 1490 g/mol. The van der Waals surface area contributed by atoms with E-state index < -0.39 is 26.5 Å². The molecule has 608 valence electrons. The molecule has 0 spiro atoms. The maximum atomic E-state index is 12.9. The lowest BCUT2D eigenvalue weighted by molar-refractivity contribution is -0.870. The highest BCUT2D eigenvalue weighted by atomic mass is 31.2. The second kappa shape index (κ2) is 84.6. The van der Waals surface area contributed by atoms with Crippen molar-refractivity contribution in [1.29, 1.82) is 0 Å². The smallest absolute Gasteiger partial charge is 0.462 e. The quantitative estimate of drug-likeness (QED) is 0.0211. The first-order chi connectivity index (χ1) is 52.0. The van der Waals surface area contributed by atoms with E-state index in [2.05, 4.69) is 172 Å². The van der Waals surface area contributed by atoms with Crippen LogP contribution >= 0.6 is 7.82 Å². The lowest BCUT2D eigenvalue weighted by atomic mass is 10.0. The molecule has 0 saturated carbocycles. The van der Waals surface area contributed by atoms with Crippen molar-refractivity contribution in [1.82, 2.24) is 0 Å². The van der Waals surface area contributed by atoms with E-state index >= 15 is 0 Å². The van der Waals surface area contributed by atoms with Gasteiger partial charge in [0.15, 0.2) is 6.10 Å². The molecule has 0 fully saturated rings. The highest BCUT2D eigenvalue weighted by Crippen LogP contribution is 2.43. The van der Waals surface area contributed by atoms with E-state index in [4.69, 9.17) is 18.5 Å². The standard InChI is InChI=1S/C96H166NO8P/c1-6-8-10-12-14-16-18-20-22-24-26-28-30-32-34-36-38-40-42-44-46-48-50-52-54-56-58-60-62-64-66-68-70-72-74-76-78-80-82-84-86-88-95(98)102-92-94(93-104-106(100,101)103-91-90-97(3,4)5)105-96(99)89-87-85-83-81-79-77-75-73-71-69-67-65-63-61-59-57-55-53-51-49-47-45-43-41-39-37-35-33-31-29-27-25-23-21-19-17-15-13-11-9-7-2/h8-11,14-17,20-23,26-29,33,35,39,41,45,47,51,53,57,59,94H,6-7,12-13,18-19,24-25,30-32,34,36-38,40,42-44,46,48-50,52,54-56,58,60-93H2,1-5H3/p+1/b10-8-,11-9-,16-14-,17-15-,22-20-,23-21-,28-26-,29-27-,35-33-,41-39-,47-45-,53-51-,59-57-. The number of carbonyl (C=O) groups is 2. The third-order valence-electron chi connectivity index (χ3n) is 19.1. The summed E-state index contributed by atoms with van der Waals surface area (Å²) in [5.74, 6) is -0.788. The van der Waals surface area contributed by atoms with Gasteiger partial charge in [0.2, 0.25) is 0 Å². The van der Waals surface area contributed by atoms with E-state index in [1.165, 1.54) is 231 Å². The molecular formula is C96H167NO8P+. The van der Waals surface area contributed by atoms with Crippen molar-refractivity contribution in [3.63, 3.8) is 0 Å².